The molecule has 0 unspecified atom stereocenters. The average Bonchev–Trinajstić information content (AvgIpc) is 3.30. The molecule has 0 bridgehead atoms. The highest BCUT2D eigenvalue weighted by Gasteiger charge is 2.21. The van der Waals surface area contributed by atoms with Gasteiger partial charge in [-0.25, -0.2) is 14.0 Å². The highest BCUT2D eigenvalue weighted by atomic mass is 19.1. The van der Waals surface area contributed by atoms with Gasteiger partial charge in [-0.3, -0.25) is 0 Å². The van der Waals surface area contributed by atoms with E-state index in [0.717, 1.165) is 21.3 Å². The number of methoxy groups -OCH3 is 2. The van der Waals surface area contributed by atoms with E-state index in [0.29, 0.717) is 18.0 Å². The predicted octanol–water partition coefficient (Wildman–Crippen LogP) is 3.82. The number of aromatic nitrogens is 4. The van der Waals surface area contributed by atoms with Gasteiger partial charge < -0.3 is 19.1 Å². The van der Waals surface area contributed by atoms with Gasteiger partial charge in [0.15, 0.2) is 5.82 Å². The van der Waals surface area contributed by atoms with Crippen molar-refractivity contribution in [1.29, 1.82) is 0 Å². The molecule has 1 aromatic heterocycles. The van der Waals surface area contributed by atoms with Gasteiger partial charge in [0.25, 0.3) is 0 Å². The number of nitrogens with zero attached hydrogens (tertiary/aromatic N) is 5. The minimum atomic E-state index is -0.669. The zero-order valence-corrected chi connectivity index (χ0v) is 21.3. The van der Waals surface area contributed by atoms with E-state index in [4.69, 9.17) is 14.2 Å². The molecule has 0 spiro atoms. The summed E-state index contributed by atoms with van der Waals surface area (Å²) in [6, 6.07) is 18.7. The maximum absolute atomic E-state index is 14.5. The zero-order chi connectivity index (χ0) is 27.1. The molecule has 0 saturated heterocycles. The lowest BCUT2D eigenvalue weighted by molar-refractivity contribution is 0.0469. The molecule has 0 amide bonds. The van der Waals surface area contributed by atoms with Gasteiger partial charge in [-0.05, 0) is 52.7 Å². The van der Waals surface area contributed by atoms with Crippen LogP contribution < -0.4 is 20.1 Å². The number of halogens is 1. The average molecular weight is 522 g/mol. The number of rotatable bonds is 11. The molecule has 0 aliphatic carbocycles. The van der Waals surface area contributed by atoms with Gasteiger partial charge in [0.2, 0.25) is 0 Å². The number of anilines is 1. The molecule has 0 atom stereocenters. The second-order valence-electron chi connectivity index (χ2n) is 8.31. The predicted molar refractivity (Wildman–Crippen MR) is 138 cm³/mol. The van der Waals surface area contributed by atoms with Crippen molar-refractivity contribution < 1.29 is 23.4 Å². The zero-order valence-electron chi connectivity index (χ0n) is 21.3. The number of hydrogen-bond acceptors (Lipinski definition) is 8. The number of tetrazole rings is 1. The van der Waals surface area contributed by atoms with E-state index in [1.807, 2.05) is 42.2 Å². The number of hydrogen-bond donors (Lipinski definition) is 0. The highest BCUT2D eigenvalue weighted by molar-refractivity contribution is 5.93. The summed E-state index contributed by atoms with van der Waals surface area (Å²) in [5.41, 5.74) is 0.975. The van der Waals surface area contributed by atoms with Crippen molar-refractivity contribution >= 4 is 11.7 Å². The van der Waals surface area contributed by atoms with E-state index >= 15 is 0 Å². The van der Waals surface area contributed by atoms with Crippen molar-refractivity contribution in [2.24, 2.45) is 0 Å². The van der Waals surface area contributed by atoms with Gasteiger partial charge in [0, 0.05) is 12.2 Å². The van der Waals surface area contributed by atoms with Crippen molar-refractivity contribution in [3.05, 3.63) is 94.2 Å². The Labute approximate surface area is 218 Å². The SMILES string of the molecule is CCCN(Cn1nnn(-c2c(F)cccc2OC)c1=O)c1ccc(OC)c(C(=O)OCc2ccccc2)c1. The largest absolute Gasteiger partial charge is 0.496 e. The molecule has 0 aliphatic rings. The Morgan fingerprint density at radius 2 is 1.74 bits per heavy atom. The topological polar surface area (TPSA) is 101 Å². The van der Waals surface area contributed by atoms with Gasteiger partial charge >= 0.3 is 11.7 Å². The van der Waals surface area contributed by atoms with Gasteiger partial charge in [-0.1, -0.05) is 43.3 Å². The van der Waals surface area contributed by atoms with Crippen LogP contribution >= 0.6 is 0 Å². The lowest BCUT2D eigenvalue weighted by Gasteiger charge is -2.24. The molecule has 3 aromatic carbocycles. The van der Waals surface area contributed by atoms with Crippen LogP contribution in [0.1, 0.15) is 29.3 Å². The summed E-state index contributed by atoms with van der Waals surface area (Å²) >= 11 is 0. The van der Waals surface area contributed by atoms with Gasteiger partial charge in [-0.15, -0.1) is 0 Å². The van der Waals surface area contributed by atoms with Crippen molar-refractivity contribution in [3.63, 3.8) is 0 Å². The first-order valence-corrected chi connectivity index (χ1v) is 12.0. The lowest BCUT2D eigenvalue weighted by atomic mass is 10.1. The van der Waals surface area contributed by atoms with Crippen molar-refractivity contribution in [2.75, 3.05) is 25.7 Å². The van der Waals surface area contributed by atoms with Crippen molar-refractivity contribution in [2.45, 2.75) is 26.6 Å². The first-order chi connectivity index (χ1) is 18.5. The molecule has 0 N–H and O–H groups in total. The summed E-state index contributed by atoms with van der Waals surface area (Å²) in [4.78, 5) is 27.9. The Morgan fingerprint density at radius 1 is 0.974 bits per heavy atom. The fourth-order valence-corrected chi connectivity index (χ4v) is 3.94. The first-order valence-electron chi connectivity index (χ1n) is 12.0. The second kappa shape index (κ2) is 12.0. The number of esters is 1. The number of benzene rings is 3. The number of carbonyl (C=O) groups excluding carboxylic acids is 1. The molecule has 38 heavy (non-hydrogen) atoms. The van der Waals surface area contributed by atoms with Crippen LogP contribution in [0.25, 0.3) is 5.69 Å². The fraction of sp³-hybridized carbons (Fsp3) is 0.259. The van der Waals surface area contributed by atoms with E-state index in [-0.39, 0.29) is 30.3 Å². The number of carbonyl (C=O) groups is 1. The van der Waals surface area contributed by atoms with Crippen LogP contribution in [0.15, 0.2) is 71.5 Å². The highest BCUT2D eigenvalue weighted by Crippen LogP contribution is 2.27. The van der Waals surface area contributed by atoms with Crippen LogP contribution in [-0.4, -0.2) is 46.5 Å². The molecule has 4 aromatic rings. The van der Waals surface area contributed by atoms with E-state index in [2.05, 4.69) is 10.4 Å². The molecule has 11 heteroatoms. The van der Waals surface area contributed by atoms with Crippen LogP contribution in [0.4, 0.5) is 10.1 Å². The lowest BCUT2D eigenvalue weighted by Crippen LogP contribution is -2.34. The molecule has 0 aliphatic heterocycles. The quantitative estimate of drug-likeness (QED) is 0.275. The summed E-state index contributed by atoms with van der Waals surface area (Å²) in [5, 5.41) is 7.81. The van der Waals surface area contributed by atoms with Gasteiger partial charge in [-0.2, -0.15) is 9.36 Å². The second-order valence-corrected chi connectivity index (χ2v) is 8.31. The Kier molecular flexibility index (Phi) is 8.37. The minimum Gasteiger partial charge on any atom is -0.496 e. The maximum atomic E-state index is 14.5. The molecule has 1 heterocycles. The fourth-order valence-electron chi connectivity index (χ4n) is 3.94. The molecule has 4 rings (SSSR count). The molecule has 0 fully saturated rings. The van der Waals surface area contributed by atoms with E-state index in [9.17, 15) is 14.0 Å². The molecule has 0 saturated carbocycles. The van der Waals surface area contributed by atoms with Crippen LogP contribution in [0.3, 0.4) is 0 Å². The first kappa shape index (κ1) is 26.4. The summed E-state index contributed by atoms with van der Waals surface area (Å²) in [6.07, 6.45) is 0.740. The van der Waals surface area contributed by atoms with Crippen molar-refractivity contribution in [1.82, 2.24) is 19.8 Å². The third kappa shape index (κ3) is 5.66. The standard InChI is InChI=1S/C27H28FN5O5/c1-4-15-31(18-32-27(35)33(30-29-32)25-22(28)11-8-12-24(25)37-3)20-13-14-23(36-2)21(16-20)26(34)38-17-19-9-6-5-7-10-19/h5-14,16H,4,15,17-18H2,1-3H3. The smallest absolute Gasteiger partial charge is 0.370 e. The number of para-hydroxylation sites is 1. The summed E-state index contributed by atoms with van der Waals surface area (Å²) in [7, 11) is 2.85. The monoisotopic (exact) mass is 521 g/mol. The molecule has 0 radical (unpaired) electrons. The van der Waals surface area contributed by atoms with Crippen LogP contribution in [0, 0.1) is 5.82 Å². The maximum Gasteiger partial charge on any atom is 0.370 e. The minimum absolute atomic E-state index is 0.00821. The van der Waals surface area contributed by atoms with E-state index in [1.54, 1.807) is 18.2 Å². The Morgan fingerprint density at radius 3 is 2.45 bits per heavy atom. The summed E-state index contributed by atoms with van der Waals surface area (Å²) in [6.45, 7) is 2.64. The van der Waals surface area contributed by atoms with Crippen LogP contribution in [-0.2, 0) is 18.0 Å². The Hall–Kier alpha value is -4.67. The normalized spacial score (nSPS) is 10.7. The van der Waals surface area contributed by atoms with E-state index < -0.39 is 17.5 Å². The van der Waals surface area contributed by atoms with E-state index in [1.165, 1.54) is 32.4 Å². The van der Waals surface area contributed by atoms with Crippen LogP contribution in [0.5, 0.6) is 11.5 Å². The molecular formula is C27H28FN5O5. The third-order valence-corrected chi connectivity index (χ3v) is 5.80. The Bertz CT molecular complexity index is 1450. The molecular weight excluding hydrogens is 493 g/mol. The molecule has 198 valence electrons. The summed E-state index contributed by atoms with van der Waals surface area (Å²) < 4.78 is 32.6. The molecule has 10 nitrogen and oxygen atoms in total. The third-order valence-electron chi connectivity index (χ3n) is 5.80. The Balaban J connectivity index is 1.61. The number of ether oxygens (including phenoxy) is 3. The van der Waals surface area contributed by atoms with Gasteiger partial charge in [0.05, 0.1) is 14.2 Å². The summed E-state index contributed by atoms with van der Waals surface area (Å²) in [5.74, 6) is -0.701. The van der Waals surface area contributed by atoms with Crippen molar-refractivity contribution in [3.8, 4) is 17.2 Å². The van der Waals surface area contributed by atoms with Gasteiger partial charge in [0.1, 0.15) is 36.0 Å². The van der Waals surface area contributed by atoms with Crippen LogP contribution in [0.2, 0.25) is 0 Å².